The Labute approximate surface area is 113 Å². The lowest BCUT2D eigenvalue weighted by Crippen LogP contribution is -2.36. The van der Waals surface area contributed by atoms with E-state index >= 15 is 0 Å². The average molecular weight is 253 g/mol. The van der Waals surface area contributed by atoms with Gasteiger partial charge in [-0.15, -0.1) is 0 Å². The molecule has 2 aliphatic rings. The van der Waals surface area contributed by atoms with E-state index < -0.39 is 0 Å². The summed E-state index contributed by atoms with van der Waals surface area (Å²) in [5.41, 5.74) is 0.469. The molecule has 2 nitrogen and oxygen atoms in total. The first-order chi connectivity index (χ1) is 8.46. The Morgan fingerprint density at radius 3 is 2.61 bits per heavy atom. The van der Waals surface area contributed by atoms with Crippen molar-refractivity contribution in [3.63, 3.8) is 0 Å². The minimum Gasteiger partial charge on any atom is -0.377 e. The van der Waals surface area contributed by atoms with Gasteiger partial charge in [-0.2, -0.15) is 0 Å². The predicted molar refractivity (Wildman–Crippen MR) is 76.7 cm³/mol. The number of nitrogens with one attached hydrogen (secondary N) is 1. The SMILES string of the molecule is CC1CC(OCCNC(C)C2CC2)CC(C)(C)C1. The van der Waals surface area contributed by atoms with E-state index in [0.717, 1.165) is 25.0 Å². The molecule has 0 aromatic rings. The highest BCUT2D eigenvalue weighted by Gasteiger charge is 2.32. The highest BCUT2D eigenvalue weighted by atomic mass is 16.5. The highest BCUT2D eigenvalue weighted by molar-refractivity contribution is 4.84. The van der Waals surface area contributed by atoms with Gasteiger partial charge in [0, 0.05) is 12.6 Å². The summed E-state index contributed by atoms with van der Waals surface area (Å²) in [5.74, 6) is 1.76. The minimum atomic E-state index is 0.469. The van der Waals surface area contributed by atoms with Crippen molar-refractivity contribution in [2.24, 2.45) is 17.3 Å². The standard InChI is InChI=1S/C16H31NO/c1-12-9-15(11-16(3,4)10-12)18-8-7-17-13(2)14-5-6-14/h12-15,17H,5-11H2,1-4H3. The Balaban J connectivity index is 1.60. The maximum absolute atomic E-state index is 6.08. The number of ether oxygens (including phenoxy) is 1. The second kappa shape index (κ2) is 5.92. The minimum absolute atomic E-state index is 0.469. The Hall–Kier alpha value is -0.0800. The summed E-state index contributed by atoms with van der Waals surface area (Å²) in [7, 11) is 0. The third-order valence-corrected chi connectivity index (χ3v) is 4.60. The molecule has 2 aliphatic carbocycles. The van der Waals surface area contributed by atoms with Gasteiger partial charge in [-0.3, -0.25) is 0 Å². The van der Waals surface area contributed by atoms with Crippen LogP contribution in [0.15, 0.2) is 0 Å². The molecule has 106 valence electrons. The van der Waals surface area contributed by atoms with Crippen LogP contribution in [0.1, 0.15) is 59.8 Å². The molecule has 2 heteroatoms. The van der Waals surface area contributed by atoms with Crippen molar-refractivity contribution >= 4 is 0 Å². The molecule has 0 spiro atoms. The summed E-state index contributed by atoms with van der Waals surface area (Å²) >= 11 is 0. The molecule has 3 unspecified atom stereocenters. The van der Waals surface area contributed by atoms with Crippen molar-refractivity contribution < 1.29 is 4.74 Å². The number of rotatable bonds is 6. The molecule has 3 atom stereocenters. The molecule has 18 heavy (non-hydrogen) atoms. The van der Waals surface area contributed by atoms with Crippen LogP contribution in [0, 0.1) is 17.3 Å². The number of hydrogen-bond donors (Lipinski definition) is 1. The molecule has 0 heterocycles. The predicted octanol–water partition coefficient (Wildman–Crippen LogP) is 3.61. The maximum Gasteiger partial charge on any atom is 0.0594 e. The van der Waals surface area contributed by atoms with Gasteiger partial charge in [0.15, 0.2) is 0 Å². The van der Waals surface area contributed by atoms with Gasteiger partial charge in [-0.05, 0) is 56.3 Å². The van der Waals surface area contributed by atoms with Gasteiger partial charge < -0.3 is 10.1 Å². The third-order valence-electron chi connectivity index (χ3n) is 4.60. The molecular formula is C16H31NO. The average Bonchev–Trinajstić information content (AvgIpc) is 3.04. The molecule has 2 saturated carbocycles. The Morgan fingerprint density at radius 1 is 1.28 bits per heavy atom. The lowest BCUT2D eigenvalue weighted by Gasteiger charge is -2.38. The zero-order valence-corrected chi connectivity index (χ0v) is 12.7. The van der Waals surface area contributed by atoms with Crippen LogP contribution in [-0.4, -0.2) is 25.3 Å². The smallest absolute Gasteiger partial charge is 0.0594 e. The van der Waals surface area contributed by atoms with Crippen molar-refractivity contribution in [2.75, 3.05) is 13.2 Å². The molecule has 0 radical (unpaired) electrons. The fourth-order valence-corrected chi connectivity index (χ4v) is 3.66. The molecule has 2 rings (SSSR count). The fourth-order valence-electron chi connectivity index (χ4n) is 3.66. The molecule has 1 N–H and O–H groups in total. The summed E-state index contributed by atoms with van der Waals surface area (Å²) < 4.78 is 6.08. The van der Waals surface area contributed by atoms with Crippen molar-refractivity contribution in [1.82, 2.24) is 5.32 Å². The molecule has 2 fully saturated rings. The van der Waals surface area contributed by atoms with Crippen LogP contribution in [0.5, 0.6) is 0 Å². The van der Waals surface area contributed by atoms with E-state index in [2.05, 4.69) is 33.0 Å². The first-order valence-electron chi connectivity index (χ1n) is 7.81. The Kier molecular flexibility index (Phi) is 4.71. The van der Waals surface area contributed by atoms with Crippen LogP contribution in [0.25, 0.3) is 0 Å². The fraction of sp³-hybridized carbons (Fsp3) is 1.00. The van der Waals surface area contributed by atoms with E-state index in [9.17, 15) is 0 Å². The topological polar surface area (TPSA) is 21.3 Å². The second-order valence-electron chi connectivity index (χ2n) is 7.49. The number of hydrogen-bond acceptors (Lipinski definition) is 2. The van der Waals surface area contributed by atoms with Gasteiger partial charge in [-0.25, -0.2) is 0 Å². The van der Waals surface area contributed by atoms with Crippen LogP contribution < -0.4 is 5.32 Å². The van der Waals surface area contributed by atoms with E-state index in [1.54, 1.807) is 0 Å². The largest absolute Gasteiger partial charge is 0.377 e. The highest BCUT2D eigenvalue weighted by Crippen LogP contribution is 2.39. The second-order valence-corrected chi connectivity index (χ2v) is 7.49. The summed E-state index contributed by atoms with van der Waals surface area (Å²) in [4.78, 5) is 0. The first kappa shape index (κ1) is 14.3. The molecule has 0 aliphatic heterocycles. The molecule has 0 aromatic heterocycles. The van der Waals surface area contributed by atoms with E-state index in [0.29, 0.717) is 17.6 Å². The molecule has 0 bridgehead atoms. The summed E-state index contributed by atoms with van der Waals surface area (Å²) in [6.45, 7) is 11.3. The Bertz CT molecular complexity index is 260. The summed E-state index contributed by atoms with van der Waals surface area (Å²) in [5, 5.41) is 3.59. The lowest BCUT2D eigenvalue weighted by molar-refractivity contribution is -0.0218. The normalized spacial score (nSPS) is 33.3. The van der Waals surface area contributed by atoms with E-state index in [-0.39, 0.29) is 0 Å². The van der Waals surface area contributed by atoms with E-state index in [4.69, 9.17) is 4.74 Å². The first-order valence-corrected chi connectivity index (χ1v) is 7.81. The van der Waals surface area contributed by atoms with Crippen LogP contribution in [0.2, 0.25) is 0 Å². The summed E-state index contributed by atoms with van der Waals surface area (Å²) in [6, 6.07) is 0.690. The van der Waals surface area contributed by atoms with Crippen molar-refractivity contribution in [1.29, 1.82) is 0 Å². The zero-order chi connectivity index (χ0) is 13.2. The quantitative estimate of drug-likeness (QED) is 0.730. The van der Waals surface area contributed by atoms with Crippen LogP contribution in [0.3, 0.4) is 0 Å². The molecule has 0 aromatic carbocycles. The van der Waals surface area contributed by atoms with Gasteiger partial charge in [0.05, 0.1) is 12.7 Å². The third kappa shape index (κ3) is 4.55. The zero-order valence-electron chi connectivity index (χ0n) is 12.7. The van der Waals surface area contributed by atoms with Gasteiger partial charge in [0.1, 0.15) is 0 Å². The molecule has 0 amide bonds. The van der Waals surface area contributed by atoms with Gasteiger partial charge in [0.2, 0.25) is 0 Å². The monoisotopic (exact) mass is 253 g/mol. The van der Waals surface area contributed by atoms with Crippen LogP contribution in [-0.2, 0) is 4.74 Å². The maximum atomic E-state index is 6.08. The van der Waals surface area contributed by atoms with Crippen molar-refractivity contribution in [3.05, 3.63) is 0 Å². The van der Waals surface area contributed by atoms with Gasteiger partial charge >= 0.3 is 0 Å². The lowest BCUT2D eigenvalue weighted by atomic mass is 9.71. The van der Waals surface area contributed by atoms with Gasteiger partial charge in [0.25, 0.3) is 0 Å². The summed E-state index contributed by atoms with van der Waals surface area (Å²) in [6.07, 6.45) is 7.16. The van der Waals surface area contributed by atoms with E-state index in [1.807, 2.05) is 0 Å². The van der Waals surface area contributed by atoms with Crippen LogP contribution >= 0.6 is 0 Å². The Morgan fingerprint density at radius 2 is 2.00 bits per heavy atom. The van der Waals surface area contributed by atoms with Crippen LogP contribution in [0.4, 0.5) is 0 Å². The molecule has 0 saturated heterocycles. The van der Waals surface area contributed by atoms with Crippen molar-refractivity contribution in [3.8, 4) is 0 Å². The van der Waals surface area contributed by atoms with Crippen molar-refractivity contribution in [2.45, 2.75) is 71.9 Å². The van der Waals surface area contributed by atoms with Gasteiger partial charge in [-0.1, -0.05) is 20.8 Å². The van der Waals surface area contributed by atoms with E-state index in [1.165, 1.54) is 32.1 Å². The molecular weight excluding hydrogens is 222 g/mol.